The molecule has 2 rings (SSSR count). The molecular weight excluding hydrogens is 249 g/mol. The second-order valence-corrected chi connectivity index (χ2v) is 4.86. The zero-order valence-corrected chi connectivity index (χ0v) is 10.7. The van der Waals surface area contributed by atoms with E-state index < -0.39 is 5.97 Å². The number of aliphatic carboxylic acids is 1. The molecule has 1 unspecified atom stereocenters. The normalized spacial score (nSPS) is 18.9. The summed E-state index contributed by atoms with van der Waals surface area (Å²) in [6.07, 6.45) is 0.781. The van der Waals surface area contributed by atoms with E-state index in [9.17, 15) is 14.0 Å². The molecule has 1 aromatic carbocycles. The van der Waals surface area contributed by atoms with Crippen molar-refractivity contribution in [3.8, 4) is 0 Å². The van der Waals surface area contributed by atoms with Crippen molar-refractivity contribution in [1.29, 1.82) is 0 Å². The fourth-order valence-corrected chi connectivity index (χ4v) is 2.44. The van der Waals surface area contributed by atoms with Gasteiger partial charge in [-0.2, -0.15) is 0 Å². The van der Waals surface area contributed by atoms with Crippen molar-refractivity contribution < 1.29 is 19.1 Å². The Hall–Kier alpha value is -1.91. The summed E-state index contributed by atoms with van der Waals surface area (Å²) in [6.45, 7) is 1.81. The maximum Gasteiger partial charge on any atom is 0.305 e. The Morgan fingerprint density at radius 1 is 1.53 bits per heavy atom. The van der Waals surface area contributed by atoms with Gasteiger partial charge in [-0.3, -0.25) is 9.59 Å². The first kappa shape index (κ1) is 13.5. The molecule has 1 N–H and O–H groups in total. The summed E-state index contributed by atoms with van der Waals surface area (Å²) in [6, 6.07) is 4.70. The van der Waals surface area contributed by atoms with Gasteiger partial charge in [0.2, 0.25) is 5.91 Å². The minimum absolute atomic E-state index is 0.0842. The van der Waals surface area contributed by atoms with Crippen molar-refractivity contribution in [2.75, 3.05) is 0 Å². The topological polar surface area (TPSA) is 57.6 Å². The number of halogens is 1. The number of rotatable bonds is 4. The number of likely N-dealkylation sites (tertiary alicyclic amines) is 1. The fourth-order valence-electron chi connectivity index (χ4n) is 2.44. The zero-order valence-electron chi connectivity index (χ0n) is 10.7. The lowest BCUT2D eigenvalue weighted by molar-refractivity contribution is -0.139. The SMILES string of the molecule is Cc1cccc(CN2C(=O)CCC2CC(=O)O)c1F. The number of carbonyl (C=O) groups excluding carboxylic acids is 1. The Balaban J connectivity index is 2.17. The maximum absolute atomic E-state index is 13.9. The van der Waals surface area contributed by atoms with E-state index in [-0.39, 0.29) is 30.7 Å². The standard InChI is InChI=1S/C14H16FNO3/c1-9-3-2-4-10(14(9)15)8-16-11(7-13(18)19)5-6-12(16)17/h2-4,11H,5-8H2,1H3,(H,18,19). The molecule has 1 saturated heterocycles. The molecule has 0 radical (unpaired) electrons. The summed E-state index contributed by atoms with van der Waals surface area (Å²) >= 11 is 0. The number of amides is 1. The van der Waals surface area contributed by atoms with Crippen molar-refractivity contribution in [1.82, 2.24) is 4.90 Å². The Labute approximate surface area is 110 Å². The van der Waals surface area contributed by atoms with E-state index in [4.69, 9.17) is 5.11 Å². The van der Waals surface area contributed by atoms with Crippen LogP contribution in [0.15, 0.2) is 18.2 Å². The molecule has 1 fully saturated rings. The third-order valence-corrected chi connectivity index (χ3v) is 3.48. The van der Waals surface area contributed by atoms with Crippen LogP contribution < -0.4 is 0 Å². The highest BCUT2D eigenvalue weighted by molar-refractivity contribution is 5.80. The second kappa shape index (κ2) is 5.38. The van der Waals surface area contributed by atoms with Crippen LogP contribution in [0.4, 0.5) is 4.39 Å². The summed E-state index contributed by atoms with van der Waals surface area (Å²) in [7, 11) is 0. The first-order valence-corrected chi connectivity index (χ1v) is 6.24. The van der Waals surface area contributed by atoms with Gasteiger partial charge in [-0.05, 0) is 18.9 Å². The molecule has 1 atom stereocenters. The number of carboxylic acid groups (broad SMARTS) is 1. The van der Waals surface area contributed by atoms with Crippen molar-refractivity contribution in [3.05, 3.63) is 35.1 Å². The molecule has 0 aromatic heterocycles. The molecule has 0 aliphatic carbocycles. The third kappa shape index (κ3) is 2.92. The second-order valence-electron chi connectivity index (χ2n) is 4.86. The van der Waals surface area contributed by atoms with Crippen LogP contribution in [0.25, 0.3) is 0 Å². The van der Waals surface area contributed by atoms with Crippen molar-refractivity contribution >= 4 is 11.9 Å². The van der Waals surface area contributed by atoms with E-state index in [2.05, 4.69) is 0 Å². The van der Waals surface area contributed by atoms with Gasteiger partial charge in [-0.25, -0.2) is 4.39 Å². The molecule has 19 heavy (non-hydrogen) atoms. The van der Waals surface area contributed by atoms with Gasteiger partial charge in [0.25, 0.3) is 0 Å². The smallest absolute Gasteiger partial charge is 0.305 e. The molecular formula is C14H16FNO3. The maximum atomic E-state index is 13.9. The monoisotopic (exact) mass is 265 g/mol. The summed E-state index contributed by atoms with van der Waals surface area (Å²) in [5, 5.41) is 8.83. The number of hydrogen-bond acceptors (Lipinski definition) is 2. The summed E-state index contributed by atoms with van der Waals surface area (Å²) < 4.78 is 13.9. The minimum Gasteiger partial charge on any atom is -0.481 e. The fraction of sp³-hybridized carbons (Fsp3) is 0.429. The Morgan fingerprint density at radius 2 is 2.26 bits per heavy atom. The van der Waals surface area contributed by atoms with Crippen LogP contribution in [0.3, 0.4) is 0 Å². The third-order valence-electron chi connectivity index (χ3n) is 3.48. The molecule has 1 amide bonds. The predicted molar refractivity (Wildman–Crippen MR) is 67.0 cm³/mol. The van der Waals surface area contributed by atoms with Gasteiger partial charge in [0.15, 0.2) is 0 Å². The van der Waals surface area contributed by atoms with Crippen molar-refractivity contribution in [2.24, 2.45) is 0 Å². The molecule has 1 aliphatic heterocycles. The summed E-state index contributed by atoms with van der Waals surface area (Å²) in [5.74, 6) is -1.36. The van der Waals surface area contributed by atoms with Gasteiger partial charge in [-0.15, -0.1) is 0 Å². The lowest BCUT2D eigenvalue weighted by Gasteiger charge is -2.24. The number of benzene rings is 1. The lowest BCUT2D eigenvalue weighted by Crippen LogP contribution is -2.34. The van der Waals surface area contributed by atoms with Crippen molar-refractivity contribution in [2.45, 2.75) is 38.8 Å². The van der Waals surface area contributed by atoms with Gasteiger partial charge in [-0.1, -0.05) is 18.2 Å². The summed E-state index contributed by atoms with van der Waals surface area (Å²) in [4.78, 5) is 24.0. The van der Waals surface area contributed by atoms with Crippen LogP contribution in [-0.4, -0.2) is 27.9 Å². The molecule has 0 saturated carbocycles. The molecule has 1 heterocycles. The molecule has 1 aliphatic rings. The number of hydrogen-bond donors (Lipinski definition) is 1. The van der Waals surface area contributed by atoms with Gasteiger partial charge in [0.1, 0.15) is 5.82 Å². The van der Waals surface area contributed by atoms with E-state index in [1.165, 1.54) is 4.90 Å². The molecule has 4 nitrogen and oxygen atoms in total. The van der Waals surface area contributed by atoms with Crippen LogP contribution in [-0.2, 0) is 16.1 Å². The average Bonchev–Trinajstić information content (AvgIpc) is 2.67. The first-order valence-electron chi connectivity index (χ1n) is 6.24. The highest BCUT2D eigenvalue weighted by Gasteiger charge is 2.32. The molecule has 102 valence electrons. The van der Waals surface area contributed by atoms with Gasteiger partial charge >= 0.3 is 5.97 Å². The highest BCUT2D eigenvalue weighted by Crippen LogP contribution is 2.25. The van der Waals surface area contributed by atoms with Gasteiger partial charge < -0.3 is 10.0 Å². The number of aryl methyl sites for hydroxylation is 1. The Morgan fingerprint density at radius 3 is 2.95 bits per heavy atom. The predicted octanol–water partition coefficient (Wildman–Crippen LogP) is 2.10. The summed E-state index contributed by atoms with van der Waals surface area (Å²) in [5.41, 5.74) is 0.963. The van der Waals surface area contributed by atoms with Crippen LogP contribution in [0.5, 0.6) is 0 Å². The zero-order chi connectivity index (χ0) is 14.0. The van der Waals surface area contributed by atoms with Crippen LogP contribution in [0.2, 0.25) is 0 Å². The quantitative estimate of drug-likeness (QED) is 0.907. The highest BCUT2D eigenvalue weighted by atomic mass is 19.1. The average molecular weight is 265 g/mol. The van der Waals surface area contributed by atoms with E-state index >= 15 is 0 Å². The van der Waals surface area contributed by atoms with Gasteiger partial charge in [0, 0.05) is 24.6 Å². The molecule has 1 aromatic rings. The first-order chi connectivity index (χ1) is 8.99. The van der Waals surface area contributed by atoms with E-state index in [0.717, 1.165) is 0 Å². The van der Waals surface area contributed by atoms with Crippen LogP contribution in [0.1, 0.15) is 30.4 Å². The Kier molecular flexibility index (Phi) is 3.83. The Bertz CT molecular complexity index is 515. The minimum atomic E-state index is -0.936. The van der Waals surface area contributed by atoms with Gasteiger partial charge in [0.05, 0.1) is 6.42 Å². The van der Waals surface area contributed by atoms with E-state index in [0.29, 0.717) is 24.0 Å². The molecule has 0 bridgehead atoms. The number of carbonyl (C=O) groups is 2. The van der Waals surface area contributed by atoms with E-state index in [1.807, 2.05) is 0 Å². The largest absolute Gasteiger partial charge is 0.481 e. The lowest BCUT2D eigenvalue weighted by atomic mass is 10.1. The molecule has 5 heteroatoms. The van der Waals surface area contributed by atoms with E-state index in [1.54, 1.807) is 25.1 Å². The van der Waals surface area contributed by atoms with Crippen LogP contribution >= 0.6 is 0 Å². The number of nitrogens with zero attached hydrogens (tertiary/aromatic N) is 1. The molecule has 0 spiro atoms. The number of carboxylic acids is 1. The van der Waals surface area contributed by atoms with Crippen LogP contribution in [0, 0.1) is 12.7 Å². The van der Waals surface area contributed by atoms with Crippen molar-refractivity contribution in [3.63, 3.8) is 0 Å².